The quantitative estimate of drug-likeness (QED) is 0.251. The molecular weight excluding hydrogens is 574 g/mol. The molecule has 0 saturated heterocycles. The molecular formula is C37H36ClNO3S. The average Bonchev–Trinajstić information content (AvgIpc) is 3.29. The lowest BCUT2D eigenvalue weighted by Crippen LogP contribution is -2.49. The number of hydrogen-bond acceptors (Lipinski definition) is 4. The number of benzene rings is 4. The molecule has 1 spiro atoms. The second kappa shape index (κ2) is 10.6. The molecule has 6 rings (SSSR count). The van der Waals surface area contributed by atoms with Crippen LogP contribution in [0.1, 0.15) is 86.9 Å². The molecule has 0 aliphatic carbocycles. The molecule has 0 radical (unpaired) electrons. The Morgan fingerprint density at radius 2 is 1.40 bits per heavy atom. The highest BCUT2D eigenvalue weighted by Crippen LogP contribution is 2.62. The Labute approximate surface area is 263 Å². The number of thioether (sulfide) groups is 1. The van der Waals surface area contributed by atoms with Crippen LogP contribution in [0.2, 0.25) is 5.02 Å². The number of halogens is 1. The van der Waals surface area contributed by atoms with Crippen molar-refractivity contribution < 1.29 is 14.6 Å². The van der Waals surface area contributed by atoms with Gasteiger partial charge in [-0.05, 0) is 51.3 Å². The predicted octanol–water partition coefficient (Wildman–Crippen LogP) is 9.37. The van der Waals surface area contributed by atoms with Crippen molar-refractivity contribution in [2.24, 2.45) is 4.99 Å². The normalized spacial score (nSPS) is 21.8. The van der Waals surface area contributed by atoms with Crippen LogP contribution >= 0.6 is 23.4 Å². The maximum Gasteiger partial charge on any atom is 0.268 e. The van der Waals surface area contributed by atoms with E-state index in [4.69, 9.17) is 21.3 Å². The van der Waals surface area contributed by atoms with Gasteiger partial charge in [0, 0.05) is 22.1 Å². The number of ether oxygens (including phenoxy) is 1. The van der Waals surface area contributed by atoms with Gasteiger partial charge in [-0.3, -0.25) is 4.79 Å². The molecule has 0 saturated carbocycles. The van der Waals surface area contributed by atoms with E-state index >= 15 is 0 Å². The van der Waals surface area contributed by atoms with E-state index in [2.05, 4.69) is 53.7 Å². The van der Waals surface area contributed by atoms with Crippen molar-refractivity contribution >= 4 is 34.3 Å². The molecule has 4 aromatic rings. The number of fused-ring (bicyclic) bond motifs is 1. The molecule has 2 heterocycles. The zero-order chi connectivity index (χ0) is 30.7. The summed E-state index contributed by atoms with van der Waals surface area (Å²) >= 11 is 8.13. The fourth-order valence-electron chi connectivity index (χ4n) is 6.24. The van der Waals surface area contributed by atoms with Gasteiger partial charge in [0.2, 0.25) is 0 Å². The summed E-state index contributed by atoms with van der Waals surface area (Å²) in [5.74, 6) is 0.245. The monoisotopic (exact) mass is 609 g/mol. The van der Waals surface area contributed by atoms with Crippen molar-refractivity contribution in [2.75, 3.05) is 0 Å². The lowest BCUT2D eigenvalue weighted by Gasteiger charge is -2.46. The smallest absolute Gasteiger partial charge is 0.268 e. The predicted molar refractivity (Wildman–Crippen MR) is 177 cm³/mol. The zero-order valence-corrected chi connectivity index (χ0v) is 26.9. The third kappa shape index (κ3) is 5.07. The summed E-state index contributed by atoms with van der Waals surface area (Å²) in [6, 6.07) is 29.5. The molecule has 0 bridgehead atoms. The number of carbonyl (C=O) groups is 1. The van der Waals surface area contributed by atoms with E-state index in [9.17, 15) is 9.90 Å². The highest BCUT2D eigenvalue weighted by atomic mass is 35.5. The summed E-state index contributed by atoms with van der Waals surface area (Å²) in [6.07, 6.45) is -0.639. The highest BCUT2D eigenvalue weighted by Gasteiger charge is 2.62. The van der Waals surface area contributed by atoms with E-state index in [-0.39, 0.29) is 16.7 Å². The summed E-state index contributed by atoms with van der Waals surface area (Å²) in [7, 11) is 0. The Morgan fingerprint density at radius 3 is 1.98 bits per heavy atom. The van der Waals surface area contributed by atoms with Crippen molar-refractivity contribution in [3.63, 3.8) is 0 Å². The Kier molecular flexibility index (Phi) is 7.26. The van der Waals surface area contributed by atoms with Gasteiger partial charge in [-0.25, -0.2) is 4.99 Å². The van der Waals surface area contributed by atoms with Gasteiger partial charge in [0.15, 0.2) is 4.75 Å². The molecule has 2 aliphatic rings. The minimum atomic E-state index is -1.18. The first-order chi connectivity index (χ1) is 20.3. The minimum Gasteiger partial charge on any atom is -0.507 e. The van der Waals surface area contributed by atoms with Crippen molar-refractivity contribution in [2.45, 2.75) is 69.1 Å². The van der Waals surface area contributed by atoms with Gasteiger partial charge in [0.1, 0.15) is 22.6 Å². The van der Waals surface area contributed by atoms with Gasteiger partial charge in [-0.1, -0.05) is 138 Å². The molecule has 220 valence electrons. The van der Waals surface area contributed by atoms with E-state index in [1.807, 2.05) is 78.9 Å². The summed E-state index contributed by atoms with van der Waals surface area (Å²) in [5, 5.41) is 12.8. The second-order valence-corrected chi connectivity index (χ2v) is 15.2. The van der Waals surface area contributed by atoms with E-state index in [0.717, 1.165) is 33.4 Å². The molecule has 0 unspecified atom stereocenters. The maximum absolute atomic E-state index is 14.7. The second-order valence-electron chi connectivity index (χ2n) is 13.5. The standard InChI is InChI=1S/C37H36ClNO3S/c1-35(2,3)27-19-24(20-28(31(27)40)36(4,5)6)30-26-21-25(38)17-18-29(26)42-32(22-13-9-7-10-14-22)37(30)34(41)39-33(43-37)23-15-11-8-12-16-23/h7-21,30,32,40H,1-6H3/t30-,32-,37-/m1/s1. The first-order valence-corrected chi connectivity index (χ1v) is 15.8. The maximum atomic E-state index is 14.7. The van der Waals surface area contributed by atoms with Gasteiger partial charge >= 0.3 is 0 Å². The van der Waals surface area contributed by atoms with Crippen molar-refractivity contribution in [1.82, 2.24) is 0 Å². The van der Waals surface area contributed by atoms with Crippen LogP contribution in [0.4, 0.5) is 0 Å². The third-order valence-corrected chi connectivity index (χ3v) is 10.1. The number of phenols is 1. The number of nitrogens with zero attached hydrogens (tertiary/aromatic N) is 1. The molecule has 6 heteroatoms. The fourth-order valence-corrected chi connectivity index (χ4v) is 7.93. The van der Waals surface area contributed by atoms with Crippen molar-refractivity contribution in [3.05, 3.63) is 129 Å². The first kappa shape index (κ1) is 29.5. The molecule has 1 amide bonds. The van der Waals surface area contributed by atoms with E-state index in [1.165, 1.54) is 11.8 Å². The lowest BCUT2D eigenvalue weighted by molar-refractivity contribution is -0.123. The largest absolute Gasteiger partial charge is 0.507 e. The van der Waals surface area contributed by atoms with Crippen LogP contribution in [0, 0.1) is 0 Å². The van der Waals surface area contributed by atoms with Crippen LogP contribution in [-0.4, -0.2) is 20.8 Å². The molecule has 2 aliphatic heterocycles. The number of rotatable bonds is 3. The minimum absolute atomic E-state index is 0.247. The average molecular weight is 610 g/mol. The van der Waals surface area contributed by atoms with Crippen LogP contribution in [-0.2, 0) is 15.6 Å². The van der Waals surface area contributed by atoms with Gasteiger partial charge in [-0.2, -0.15) is 0 Å². The van der Waals surface area contributed by atoms with Crippen molar-refractivity contribution in [1.29, 1.82) is 0 Å². The number of amides is 1. The van der Waals surface area contributed by atoms with E-state index in [0.29, 0.717) is 21.6 Å². The number of aliphatic imine (C=N–C) groups is 1. The van der Waals surface area contributed by atoms with Crippen molar-refractivity contribution in [3.8, 4) is 11.5 Å². The molecule has 43 heavy (non-hydrogen) atoms. The summed E-state index contributed by atoms with van der Waals surface area (Å²) < 4.78 is 5.64. The van der Waals surface area contributed by atoms with Gasteiger partial charge in [0.05, 0.1) is 0 Å². The van der Waals surface area contributed by atoms with Crippen LogP contribution in [0.25, 0.3) is 0 Å². The third-order valence-electron chi connectivity index (χ3n) is 8.35. The van der Waals surface area contributed by atoms with Crippen LogP contribution in [0.3, 0.4) is 0 Å². The fraction of sp³-hybridized carbons (Fsp3) is 0.297. The molecule has 1 N–H and O–H groups in total. The summed E-state index contributed by atoms with van der Waals surface area (Å²) in [6.45, 7) is 12.6. The molecule has 4 aromatic carbocycles. The van der Waals surface area contributed by atoms with E-state index < -0.39 is 16.8 Å². The SMILES string of the molecule is CC(C)(C)c1cc([C@@H]2c3cc(Cl)ccc3O[C@H](c3ccccc3)[C@]23SC(c2ccccc2)=NC3=O)cc(C(C)(C)C)c1O. The van der Waals surface area contributed by atoms with Crippen LogP contribution in [0.15, 0.2) is 96.0 Å². The first-order valence-electron chi connectivity index (χ1n) is 14.6. The molecule has 4 nitrogen and oxygen atoms in total. The number of hydrogen-bond donors (Lipinski definition) is 1. The Bertz CT molecular complexity index is 1700. The Hall–Kier alpha value is -3.54. The lowest BCUT2D eigenvalue weighted by atomic mass is 9.70. The number of aromatic hydroxyl groups is 1. The van der Waals surface area contributed by atoms with Crippen LogP contribution in [0.5, 0.6) is 11.5 Å². The van der Waals surface area contributed by atoms with E-state index in [1.54, 1.807) is 0 Å². The van der Waals surface area contributed by atoms with Gasteiger partial charge in [0.25, 0.3) is 5.91 Å². The molecule has 3 atom stereocenters. The van der Waals surface area contributed by atoms with Gasteiger partial charge in [-0.15, -0.1) is 0 Å². The van der Waals surface area contributed by atoms with Gasteiger partial charge < -0.3 is 9.84 Å². The molecule has 0 aromatic heterocycles. The number of carbonyl (C=O) groups excluding carboxylic acids is 1. The molecule has 0 fully saturated rings. The Balaban J connectivity index is 1.69. The summed E-state index contributed by atoms with van der Waals surface area (Å²) in [5.41, 5.74) is 4.48. The zero-order valence-electron chi connectivity index (χ0n) is 25.3. The van der Waals surface area contributed by atoms with Crippen LogP contribution < -0.4 is 4.74 Å². The Morgan fingerprint density at radius 1 is 0.814 bits per heavy atom. The summed E-state index contributed by atoms with van der Waals surface area (Å²) in [4.78, 5) is 19.4. The highest BCUT2D eigenvalue weighted by molar-refractivity contribution is 8.16. The number of phenolic OH excluding ortho intramolecular Hbond substituents is 1. The topological polar surface area (TPSA) is 58.9 Å².